The zero-order chi connectivity index (χ0) is 12.0. The predicted molar refractivity (Wildman–Crippen MR) is 68.5 cm³/mol. The third-order valence-corrected chi connectivity index (χ3v) is 3.95. The summed E-state index contributed by atoms with van der Waals surface area (Å²) in [6.45, 7) is 9.22. The van der Waals surface area contributed by atoms with Crippen LogP contribution in [0.4, 0.5) is 0 Å². The lowest BCUT2D eigenvalue weighted by atomic mass is 9.74. The topological polar surface area (TPSA) is 47.3 Å². The van der Waals surface area contributed by atoms with E-state index in [4.69, 9.17) is 10.5 Å². The highest BCUT2D eigenvalue weighted by Gasteiger charge is 2.43. The van der Waals surface area contributed by atoms with Crippen LogP contribution in [0.5, 0.6) is 0 Å². The average Bonchev–Trinajstić information content (AvgIpc) is 2.26. The van der Waals surface area contributed by atoms with Gasteiger partial charge in [-0.05, 0) is 32.2 Å². The summed E-state index contributed by atoms with van der Waals surface area (Å²) in [5.74, 6) is 0.787. The Bertz CT molecular complexity index is 186. The Hall–Kier alpha value is -0.120. The first-order valence-electron chi connectivity index (χ1n) is 6.76. The third kappa shape index (κ3) is 3.44. The summed E-state index contributed by atoms with van der Waals surface area (Å²) < 4.78 is 5.60. The van der Waals surface area contributed by atoms with Crippen LogP contribution in [0.3, 0.4) is 0 Å². The minimum atomic E-state index is 0.169. The number of ether oxygens (including phenoxy) is 1. The molecule has 0 saturated heterocycles. The van der Waals surface area contributed by atoms with Crippen molar-refractivity contribution in [3.63, 3.8) is 0 Å². The van der Waals surface area contributed by atoms with E-state index in [9.17, 15) is 0 Å². The molecule has 96 valence electrons. The monoisotopic (exact) mass is 228 g/mol. The van der Waals surface area contributed by atoms with Crippen molar-refractivity contribution in [3.8, 4) is 0 Å². The van der Waals surface area contributed by atoms with Gasteiger partial charge in [-0.3, -0.25) is 0 Å². The van der Waals surface area contributed by atoms with E-state index in [2.05, 4.69) is 26.1 Å². The molecule has 0 aromatic heterocycles. The van der Waals surface area contributed by atoms with Crippen LogP contribution in [-0.4, -0.2) is 31.3 Å². The molecule has 1 fully saturated rings. The van der Waals surface area contributed by atoms with E-state index in [0.29, 0.717) is 6.10 Å². The first-order valence-corrected chi connectivity index (χ1v) is 6.76. The summed E-state index contributed by atoms with van der Waals surface area (Å²) in [6.07, 6.45) is 5.09. The van der Waals surface area contributed by atoms with Gasteiger partial charge in [0, 0.05) is 18.7 Å². The maximum absolute atomic E-state index is 5.88. The van der Waals surface area contributed by atoms with E-state index >= 15 is 0 Å². The van der Waals surface area contributed by atoms with Crippen molar-refractivity contribution in [1.29, 1.82) is 0 Å². The maximum Gasteiger partial charge on any atom is 0.0611 e. The normalized spacial score (nSPS) is 29.4. The molecule has 0 unspecified atom stereocenters. The fraction of sp³-hybridized carbons (Fsp3) is 1.00. The second-order valence-corrected chi connectivity index (χ2v) is 5.03. The van der Waals surface area contributed by atoms with Gasteiger partial charge in [0.25, 0.3) is 0 Å². The van der Waals surface area contributed by atoms with Crippen LogP contribution >= 0.6 is 0 Å². The van der Waals surface area contributed by atoms with Gasteiger partial charge in [-0.25, -0.2) is 0 Å². The molecule has 3 nitrogen and oxygen atoms in total. The summed E-state index contributed by atoms with van der Waals surface area (Å²) in [4.78, 5) is 0. The number of nitrogens with two attached hydrogens (primary N) is 1. The van der Waals surface area contributed by atoms with Crippen LogP contribution in [0.25, 0.3) is 0 Å². The molecule has 3 heteroatoms. The molecule has 0 bridgehead atoms. The average molecular weight is 228 g/mol. The Kier molecular flexibility index (Phi) is 5.73. The van der Waals surface area contributed by atoms with Gasteiger partial charge in [-0.1, -0.05) is 26.7 Å². The Morgan fingerprint density at radius 3 is 2.38 bits per heavy atom. The van der Waals surface area contributed by atoms with Gasteiger partial charge in [0.15, 0.2) is 0 Å². The lowest BCUT2D eigenvalue weighted by Crippen LogP contribution is -2.63. The maximum atomic E-state index is 5.88. The second-order valence-electron chi connectivity index (χ2n) is 5.03. The first-order chi connectivity index (χ1) is 7.69. The lowest BCUT2D eigenvalue weighted by molar-refractivity contribution is -0.0486. The molecular weight excluding hydrogens is 200 g/mol. The first kappa shape index (κ1) is 13.9. The van der Waals surface area contributed by atoms with Crippen molar-refractivity contribution < 1.29 is 4.74 Å². The highest BCUT2D eigenvalue weighted by molar-refractivity contribution is 5.03. The Morgan fingerprint density at radius 2 is 1.94 bits per heavy atom. The Labute approximate surface area is 100 Å². The molecule has 0 amide bonds. The van der Waals surface area contributed by atoms with Crippen molar-refractivity contribution in [2.45, 2.75) is 58.1 Å². The minimum Gasteiger partial charge on any atom is -0.378 e. The van der Waals surface area contributed by atoms with Gasteiger partial charge < -0.3 is 15.8 Å². The van der Waals surface area contributed by atoms with Gasteiger partial charge in [-0.2, -0.15) is 0 Å². The fourth-order valence-electron chi connectivity index (χ4n) is 2.49. The molecule has 0 atom stereocenters. The van der Waals surface area contributed by atoms with E-state index < -0.39 is 0 Å². The van der Waals surface area contributed by atoms with Gasteiger partial charge >= 0.3 is 0 Å². The summed E-state index contributed by atoms with van der Waals surface area (Å²) in [6, 6.07) is 0. The quantitative estimate of drug-likeness (QED) is 0.667. The highest BCUT2D eigenvalue weighted by Crippen LogP contribution is 2.34. The van der Waals surface area contributed by atoms with Gasteiger partial charge in [0.05, 0.1) is 6.10 Å². The highest BCUT2D eigenvalue weighted by atomic mass is 16.5. The molecule has 16 heavy (non-hydrogen) atoms. The number of hydrogen-bond acceptors (Lipinski definition) is 3. The molecule has 1 saturated carbocycles. The van der Waals surface area contributed by atoms with Crippen molar-refractivity contribution in [2.24, 2.45) is 11.7 Å². The van der Waals surface area contributed by atoms with Crippen LogP contribution in [0.2, 0.25) is 0 Å². The third-order valence-electron chi connectivity index (χ3n) is 3.95. The van der Waals surface area contributed by atoms with Gasteiger partial charge in [-0.15, -0.1) is 0 Å². The van der Waals surface area contributed by atoms with Crippen molar-refractivity contribution >= 4 is 0 Å². The smallest absolute Gasteiger partial charge is 0.0611 e. The summed E-state index contributed by atoms with van der Waals surface area (Å²) in [5, 5.41) is 3.67. The molecule has 1 aliphatic rings. The lowest BCUT2D eigenvalue weighted by Gasteiger charge is -2.48. The molecule has 0 aromatic carbocycles. The van der Waals surface area contributed by atoms with E-state index in [-0.39, 0.29) is 5.54 Å². The SMILES string of the molecule is CCOC1CC(CN)(NCC(CC)CC)C1. The molecule has 3 N–H and O–H groups in total. The van der Waals surface area contributed by atoms with Crippen LogP contribution in [0, 0.1) is 5.92 Å². The molecule has 0 heterocycles. The number of hydrogen-bond donors (Lipinski definition) is 2. The van der Waals surface area contributed by atoms with E-state index in [1.54, 1.807) is 0 Å². The summed E-state index contributed by atoms with van der Waals surface area (Å²) >= 11 is 0. The molecular formula is C13H28N2O. The summed E-state index contributed by atoms with van der Waals surface area (Å²) in [7, 11) is 0. The van der Waals surface area contributed by atoms with Crippen LogP contribution in [-0.2, 0) is 4.74 Å². The molecule has 0 aromatic rings. The molecule has 0 aliphatic heterocycles. The van der Waals surface area contributed by atoms with E-state index in [1.807, 2.05) is 0 Å². The van der Waals surface area contributed by atoms with E-state index in [1.165, 1.54) is 12.8 Å². The predicted octanol–water partition coefficient (Wildman–Crippen LogP) is 1.91. The van der Waals surface area contributed by atoms with Crippen LogP contribution in [0.1, 0.15) is 46.5 Å². The molecule has 1 aliphatic carbocycles. The molecule has 0 radical (unpaired) electrons. The van der Waals surface area contributed by atoms with E-state index in [0.717, 1.165) is 38.5 Å². The Balaban J connectivity index is 2.28. The zero-order valence-corrected chi connectivity index (χ0v) is 11.1. The molecule has 0 spiro atoms. The fourth-order valence-corrected chi connectivity index (χ4v) is 2.49. The van der Waals surface area contributed by atoms with Gasteiger partial charge in [0.2, 0.25) is 0 Å². The van der Waals surface area contributed by atoms with Crippen LogP contribution < -0.4 is 11.1 Å². The van der Waals surface area contributed by atoms with Crippen molar-refractivity contribution in [1.82, 2.24) is 5.32 Å². The Morgan fingerprint density at radius 1 is 1.31 bits per heavy atom. The summed E-state index contributed by atoms with van der Waals surface area (Å²) in [5.41, 5.74) is 6.05. The standard InChI is InChI=1S/C13H28N2O/c1-4-11(5-2)9-15-13(10-14)7-12(8-13)16-6-3/h11-12,15H,4-10,14H2,1-3H3. The molecule has 1 rings (SSSR count). The largest absolute Gasteiger partial charge is 0.378 e. The number of nitrogens with one attached hydrogen (secondary N) is 1. The van der Waals surface area contributed by atoms with Crippen molar-refractivity contribution in [3.05, 3.63) is 0 Å². The zero-order valence-electron chi connectivity index (χ0n) is 11.1. The minimum absolute atomic E-state index is 0.169. The van der Waals surface area contributed by atoms with Crippen LogP contribution in [0.15, 0.2) is 0 Å². The second kappa shape index (κ2) is 6.58. The van der Waals surface area contributed by atoms with Crippen molar-refractivity contribution in [2.75, 3.05) is 19.7 Å². The van der Waals surface area contributed by atoms with Gasteiger partial charge in [0.1, 0.15) is 0 Å². The number of rotatable bonds is 8.